The zero-order valence-electron chi connectivity index (χ0n) is 9.51. The largest absolute Gasteiger partial charge is 0.297 e. The Bertz CT molecular complexity index is 620. The molecule has 0 bridgehead atoms. The summed E-state index contributed by atoms with van der Waals surface area (Å²) in [7, 11) is 0. The van der Waals surface area contributed by atoms with Crippen LogP contribution in [0.3, 0.4) is 0 Å². The maximum absolute atomic E-state index is 11.8. The molecular weight excluding hydrogens is 266 g/mol. The maximum atomic E-state index is 11.8. The van der Waals surface area contributed by atoms with Crippen molar-refractivity contribution in [3.63, 3.8) is 0 Å². The number of thiophene rings is 1. The third kappa shape index (κ3) is 3.03. The van der Waals surface area contributed by atoms with Crippen LogP contribution in [-0.2, 0) is 4.79 Å². The van der Waals surface area contributed by atoms with Crippen molar-refractivity contribution in [2.75, 3.05) is 5.32 Å². The van der Waals surface area contributed by atoms with E-state index in [0.717, 1.165) is 9.75 Å². The van der Waals surface area contributed by atoms with Crippen molar-refractivity contribution in [3.05, 3.63) is 39.0 Å². The van der Waals surface area contributed by atoms with Gasteiger partial charge in [-0.15, -0.1) is 22.7 Å². The number of hydrogen-bond donors (Lipinski definition) is 1. The van der Waals surface area contributed by atoms with Crippen LogP contribution >= 0.6 is 22.7 Å². The molecule has 0 atom stereocenters. The van der Waals surface area contributed by atoms with E-state index in [1.54, 1.807) is 17.7 Å². The predicted molar refractivity (Wildman–Crippen MR) is 73.4 cm³/mol. The van der Waals surface area contributed by atoms with E-state index in [0.29, 0.717) is 5.13 Å². The number of anilines is 1. The molecular formula is C12H9N3OS2. The molecule has 0 radical (unpaired) electrons. The Labute approximate surface area is 112 Å². The zero-order chi connectivity index (χ0) is 13.0. The molecule has 0 fully saturated rings. The van der Waals surface area contributed by atoms with Crippen LogP contribution in [0.15, 0.2) is 29.3 Å². The minimum absolute atomic E-state index is 0.0760. The van der Waals surface area contributed by atoms with Crippen molar-refractivity contribution < 1.29 is 4.79 Å². The van der Waals surface area contributed by atoms with Crippen LogP contribution in [0.4, 0.5) is 5.13 Å². The Morgan fingerprint density at radius 1 is 1.56 bits per heavy atom. The van der Waals surface area contributed by atoms with Gasteiger partial charge in [0.05, 0.1) is 0 Å². The molecule has 0 aliphatic carbocycles. The van der Waals surface area contributed by atoms with Gasteiger partial charge in [0.25, 0.3) is 5.91 Å². The Hall–Kier alpha value is -1.97. The Kier molecular flexibility index (Phi) is 3.87. The lowest BCUT2D eigenvalue weighted by atomic mass is 10.2. The molecule has 1 N–H and O–H groups in total. The molecule has 0 aromatic carbocycles. The van der Waals surface area contributed by atoms with Gasteiger partial charge in [-0.3, -0.25) is 10.1 Å². The molecule has 6 heteroatoms. The molecule has 2 aromatic heterocycles. The Morgan fingerprint density at radius 2 is 2.39 bits per heavy atom. The Balaban J connectivity index is 2.16. The van der Waals surface area contributed by atoms with Crippen LogP contribution < -0.4 is 5.32 Å². The first-order chi connectivity index (χ1) is 8.69. The molecule has 18 heavy (non-hydrogen) atoms. The van der Waals surface area contributed by atoms with Crippen LogP contribution in [0.1, 0.15) is 9.75 Å². The molecule has 1 amide bonds. The number of amides is 1. The van der Waals surface area contributed by atoms with Crippen molar-refractivity contribution in [2.24, 2.45) is 0 Å². The molecule has 2 rings (SSSR count). The Morgan fingerprint density at radius 3 is 2.94 bits per heavy atom. The second kappa shape index (κ2) is 5.58. The van der Waals surface area contributed by atoms with Crippen LogP contribution in [0.25, 0.3) is 6.08 Å². The topological polar surface area (TPSA) is 65.8 Å². The summed E-state index contributed by atoms with van der Waals surface area (Å²) in [6.45, 7) is 1.98. The summed E-state index contributed by atoms with van der Waals surface area (Å²) in [4.78, 5) is 17.8. The van der Waals surface area contributed by atoms with E-state index in [2.05, 4.69) is 10.3 Å². The number of carbonyl (C=O) groups is 1. The van der Waals surface area contributed by atoms with E-state index in [1.807, 2.05) is 25.1 Å². The molecule has 2 heterocycles. The number of carbonyl (C=O) groups excluding carboxylic acids is 1. The molecule has 0 saturated carbocycles. The predicted octanol–water partition coefficient (Wildman–Crippen LogP) is 3.06. The smallest absolute Gasteiger partial charge is 0.268 e. The average molecular weight is 275 g/mol. The van der Waals surface area contributed by atoms with Gasteiger partial charge in [0, 0.05) is 21.3 Å². The molecule has 0 aliphatic rings. The summed E-state index contributed by atoms with van der Waals surface area (Å²) in [5.41, 5.74) is 0.0760. The normalized spacial score (nSPS) is 11.0. The van der Waals surface area contributed by atoms with Crippen LogP contribution in [0.2, 0.25) is 0 Å². The first kappa shape index (κ1) is 12.5. The molecule has 4 nitrogen and oxygen atoms in total. The molecule has 0 aliphatic heterocycles. The fourth-order valence-corrected chi connectivity index (χ4v) is 2.62. The molecule has 0 unspecified atom stereocenters. The first-order valence-electron chi connectivity index (χ1n) is 5.08. The van der Waals surface area contributed by atoms with Crippen molar-refractivity contribution >= 4 is 39.8 Å². The lowest BCUT2D eigenvalue weighted by molar-refractivity contribution is -0.112. The fraction of sp³-hybridized carbons (Fsp3) is 0.0833. The van der Waals surface area contributed by atoms with Crippen molar-refractivity contribution in [3.8, 4) is 6.07 Å². The van der Waals surface area contributed by atoms with Crippen molar-refractivity contribution in [2.45, 2.75) is 6.92 Å². The number of rotatable bonds is 3. The monoisotopic (exact) mass is 275 g/mol. The van der Waals surface area contributed by atoms with Gasteiger partial charge in [-0.25, -0.2) is 4.98 Å². The van der Waals surface area contributed by atoms with Crippen LogP contribution in [-0.4, -0.2) is 10.9 Å². The standard InChI is InChI=1S/C12H9N3OS2/c1-8-2-3-10(18-8)6-9(7-13)11(16)15-12-14-4-5-17-12/h2-6H,1H3,(H,14,15,16)/b9-6+. The minimum Gasteiger partial charge on any atom is -0.297 e. The molecule has 90 valence electrons. The van der Waals surface area contributed by atoms with Crippen LogP contribution in [0.5, 0.6) is 0 Å². The van der Waals surface area contributed by atoms with E-state index in [9.17, 15) is 4.79 Å². The summed E-state index contributed by atoms with van der Waals surface area (Å²) >= 11 is 2.85. The van der Waals surface area contributed by atoms with Gasteiger partial charge in [-0.05, 0) is 25.1 Å². The number of nitrogens with zero attached hydrogens (tertiary/aromatic N) is 2. The summed E-state index contributed by atoms with van der Waals surface area (Å²) in [5, 5.41) is 13.8. The van der Waals surface area contributed by atoms with Gasteiger partial charge in [0.15, 0.2) is 5.13 Å². The number of nitriles is 1. The van der Waals surface area contributed by atoms with Crippen LogP contribution in [0, 0.1) is 18.3 Å². The summed E-state index contributed by atoms with van der Waals surface area (Å²) < 4.78 is 0. The van der Waals surface area contributed by atoms with Crippen molar-refractivity contribution in [1.29, 1.82) is 5.26 Å². The van der Waals surface area contributed by atoms with E-state index in [-0.39, 0.29) is 5.57 Å². The van der Waals surface area contributed by atoms with Gasteiger partial charge in [0.2, 0.25) is 0 Å². The highest BCUT2D eigenvalue weighted by molar-refractivity contribution is 7.13. The maximum Gasteiger partial charge on any atom is 0.268 e. The summed E-state index contributed by atoms with van der Waals surface area (Å²) in [6, 6.07) is 5.74. The average Bonchev–Trinajstić information content (AvgIpc) is 2.97. The third-order valence-corrected chi connectivity index (χ3v) is 3.70. The lowest BCUT2D eigenvalue weighted by Crippen LogP contribution is -2.12. The first-order valence-corrected chi connectivity index (χ1v) is 6.78. The van der Waals surface area contributed by atoms with E-state index in [1.165, 1.54) is 22.7 Å². The molecule has 0 spiro atoms. The van der Waals surface area contributed by atoms with Gasteiger partial charge >= 0.3 is 0 Å². The van der Waals surface area contributed by atoms with E-state index >= 15 is 0 Å². The van der Waals surface area contributed by atoms with Crippen molar-refractivity contribution in [1.82, 2.24) is 4.98 Å². The summed E-state index contributed by atoms with van der Waals surface area (Å²) in [5.74, 6) is -0.432. The third-order valence-electron chi connectivity index (χ3n) is 2.07. The lowest BCUT2D eigenvalue weighted by Gasteiger charge is -1.98. The second-order valence-electron chi connectivity index (χ2n) is 3.41. The highest BCUT2D eigenvalue weighted by atomic mass is 32.1. The zero-order valence-corrected chi connectivity index (χ0v) is 11.1. The highest BCUT2D eigenvalue weighted by Crippen LogP contribution is 2.19. The summed E-state index contributed by atoms with van der Waals surface area (Å²) in [6.07, 6.45) is 3.18. The molecule has 0 saturated heterocycles. The second-order valence-corrected chi connectivity index (χ2v) is 5.62. The minimum atomic E-state index is -0.432. The van der Waals surface area contributed by atoms with Gasteiger partial charge in [-0.1, -0.05) is 0 Å². The van der Waals surface area contributed by atoms with E-state index in [4.69, 9.17) is 5.26 Å². The van der Waals surface area contributed by atoms with Gasteiger partial charge in [0.1, 0.15) is 11.6 Å². The highest BCUT2D eigenvalue weighted by Gasteiger charge is 2.10. The number of nitrogens with one attached hydrogen (secondary N) is 1. The number of aromatic nitrogens is 1. The number of aryl methyl sites for hydroxylation is 1. The number of thiazole rings is 1. The SMILES string of the molecule is Cc1ccc(/C=C(\C#N)C(=O)Nc2nccs2)s1. The molecule has 2 aromatic rings. The van der Waals surface area contributed by atoms with Gasteiger partial charge < -0.3 is 0 Å². The van der Waals surface area contributed by atoms with E-state index < -0.39 is 5.91 Å². The fourth-order valence-electron chi connectivity index (χ4n) is 1.27. The number of hydrogen-bond acceptors (Lipinski definition) is 5. The quantitative estimate of drug-likeness (QED) is 0.691. The van der Waals surface area contributed by atoms with Gasteiger partial charge in [-0.2, -0.15) is 5.26 Å².